The van der Waals surface area contributed by atoms with Crippen molar-refractivity contribution in [1.82, 2.24) is 0 Å². The third-order valence-electron chi connectivity index (χ3n) is 2.91. The van der Waals surface area contributed by atoms with Gasteiger partial charge in [0.2, 0.25) is 0 Å². The van der Waals surface area contributed by atoms with Gasteiger partial charge in [0.05, 0.1) is 23.1 Å². The van der Waals surface area contributed by atoms with Crippen LogP contribution >= 0.6 is 23.2 Å². The second-order valence-corrected chi connectivity index (χ2v) is 5.87. The molecule has 19 heavy (non-hydrogen) atoms. The average Bonchev–Trinajstić information content (AvgIpc) is 2.39. The summed E-state index contributed by atoms with van der Waals surface area (Å²) in [6.07, 6.45) is 2.77. The summed E-state index contributed by atoms with van der Waals surface area (Å²) in [7, 11) is 0. The lowest BCUT2D eigenvalue weighted by atomic mass is 9.89. The van der Waals surface area contributed by atoms with Gasteiger partial charge in [-0.2, -0.15) is 5.26 Å². The van der Waals surface area contributed by atoms with Crippen molar-refractivity contribution in [3.05, 3.63) is 28.8 Å². The van der Waals surface area contributed by atoms with E-state index in [2.05, 4.69) is 6.07 Å². The predicted molar refractivity (Wildman–Crippen MR) is 79.7 cm³/mol. The van der Waals surface area contributed by atoms with Gasteiger partial charge in [-0.05, 0) is 50.8 Å². The Kier molecular flexibility index (Phi) is 6.48. The van der Waals surface area contributed by atoms with Crippen LogP contribution in [0.15, 0.2) is 18.2 Å². The minimum absolute atomic E-state index is 0.250. The molecule has 1 rings (SSSR count). The molecular formula is C15H19Cl2NO. The van der Waals surface area contributed by atoms with Crippen LogP contribution < -0.4 is 4.74 Å². The molecule has 0 N–H and O–H groups in total. The van der Waals surface area contributed by atoms with Crippen molar-refractivity contribution in [2.45, 2.75) is 39.0 Å². The fraction of sp³-hybridized carbons (Fsp3) is 0.533. The van der Waals surface area contributed by atoms with Crippen LogP contribution in [0.5, 0.6) is 5.75 Å². The van der Waals surface area contributed by atoms with Gasteiger partial charge in [-0.1, -0.05) is 17.7 Å². The first-order valence-electron chi connectivity index (χ1n) is 6.37. The van der Waals surface area contributed by atoms with Crippen LogP contribution in [0.3, 0.4) is 0 Å². The summed E-state index contributed by atoms with van der Waals surface area (Å²) in [5.41, 5.74) is 0.731. The number of hydrogen-bond acceptors (Lipinski definition) is 2. The van der Waals surface area contributed by atoms with E-state index in [9.17, 15) is 0 Å². The Hall–Kier alpha value is -0.910. The third-order valence-corrected chi connectivity index (χ3v) is 3.51. The van der Waals surface area contributed by atoms with E-state index in [-0.39, 0.29) is 5.41 Å². The molecule has 1 aromatic rings. The molecule has 2 nitrogen and oxygen atoms in total. The number of nitrogens with zero attached hydrogens (tertiary/aromatic N) is 1. The SMILES string of the molecule is CC(C)(C#N)CCCCOc1ccc(CCl)cc1Cl. The Labute approximate surface area is 125 Å². The highest BCUT2D eigenvalue weighted by Gasteiger charge is 2.15. The quantitative estimate of drug-likeness (QED) is 0.513. The fourth-order valence-electron chi connectivity index (χ4n) is 1.65. The summed E-state index contributed by atoms with van der Waals surface area (Å²) in [6.45, 7) is 4.52. The Morgan fingerprint density at radius 3 is 2.63 bits per heavy atom. The van der Waals surface area contributed by atoms with Gasteiger partial charge in [-0.25, -0.2) is 0 Å². The topological polar surface area (TPSA) is 33.0 Å². The normalized spacial score (nSPS) is 11.1. The van der Waals surface area contributed by atoms with Crippen LogP contribution in [0.4, 0.5) is 0 Å². The van der Waals surface area contributed by atoms with Gasteiger partial charge in [-0.15, -0.1) is 11.6 Å². The first kappa shape index (κ1) is 16.1. The number of nitriles is 1. The van der Waals surface area contributed by atoms with Crippen molar-refractivity contribution in [2.24, 2.45) is 5.41 Å². The van der Waals surface area contributed by atoms with Gasteiger partial charge in [0.15, 0.2) is 0 Å². The van der Waals surface area contributed by atoms with Crippen molar-refractivity contribution in [2.75, 3.05) is 6.61 Å². The minimum atomic E-state index is -0.250. The van der Waals surface area contributed by atoms with E-state index in [0.717, 1.165) is 24.8 Å². The number of ether oxygens (including phenoxy) is 1. The molecule has 0 aromatic heterocycles. The molecule has 0 amide bonds. The Morgan fingerprint density at radius 2 is 2.05 bits per heavy atom. The van der Waals surface area contributed by atoms with Crippen molar-refractivity contribution >= 4 is 23.2 Å². The fourth-order valence-corrected chi connectivity index (χ4v) is 2.08. The summed E-state index contributed by atoms with van der Waals surface area (Å²) in [5.74, 6) is 1.14. The van der Waals surface area contributed by atoms with Crippen LogP contribution in [-0.4, -0.2) is 6.61 Å². The molecule has 0 unspecified atom stereocenters. The number of hydrogen-bond donors (Lipinski definition) is 0. The van der Waals surface area contributed by atoms with Crippen LogP contribution in [-0.2, 0) is 5.88 Å². The lowest BCUT2D eigenvalue weighted by Gasteiger charge is -2.14. The molecule has 0 spiro atoms. The summed E-state index contributed by atoms with van der Waals surface area (Å²) in [4.78, 5) is 0. The molecule has 0 bridgehead atoms. The predicted octanol–water partition coefficient (Wildman–Crippen LogP) is 5.18. The molecule has 0 saturated carbocycles. The Balaban J connectivity index is 2.32. The molecule has 0 atom stereocenters. The lowest BCUT2D eigenvalue weighted by molar-refractivity contribution is 0.295. The number of halogens is 2. The number of rotatable bonds is 7. The van der Waals surface area contributed by atoms with Crippen molar-refractivity contribution in [3.63, 3.8) is 0 Å². The second-order valence-electron chi connectivity index (χ2n) is 5.20. The van der Waals surface area contributed by atoms with E-state index in [1.54, 1.807) is 0 Å². The van der Waals surface area contributed by atoms with E-state index in [0.29, 0.717) is 23.3 Å². The molecule has 0 saturated heterocycles. The monoisotopic (exact) mass is 299 g/mol. The summed E-state index contributed by atoms with van der Waals surface area (Å²) >= 11 is 11.8. The summed E-state index contributed by atoms with van der Waals surface area (Å²) < 4.78 is 5.63. The maximum atomic E-state index is 8.90. The van der Waals surface area contributed by atoms with Crippen molar-refractivity contribution < 1.29 is 4.74 Å². The Bertz CT molecular complexity index is 452. The van der Waals surface area contributed by atoms with E-state index < -0.39 is 0 Å². The largest absolute Gasteiger partial charge is 0.492 e. The van der Waals surface area contributed by atoms with Crippen LogP contribution in [0, 0.1) is 16.7 Å². The van der Waals surface area contributed by atoms with Gasteiger partial charge in [0.25, 0.3) is 0 Å². The smallest absolute Gasteiger partial charge is 0.137 e. The zero-order valence-corrected chi connectivity index (χ0v) is 12.9. The molecule has 0 aliphatic carbocycles. The maximum Gasteiger partial charge on any atom is 0.137 e. The van der Waals surface area contributed by atoms with Crippen molar-refractivity contribution in [1.29, 1.82) is 5.26 Å². The molecular weight excluding hydrogens is 281 g/mol. The molecule has 0 aliphatic rings. The number of benzene rings is 1. The number of alkyl halides is 1. The highest BCUT2D eigenvalue weighted by Crippen LogP contribution is 2.27. The minimum Gasteiger partial charge on any atom is -0.492 e. The highest BCUT2D eigenvalue weighted by atomic mass is 35.5. The van der Waals surface area contributed by atoms with Gasteiger partial charge in [-0.3, -0.25) is 0 Å². The zero-order valence-electron chi connectivity index (χ0n) is 11.4. The first-order chi connectivity index (χ1) is 8.98. The van der Waals surface area contributed by atoms with E-state index in [1.165, 1.54) is 0 Å². The lowest BCUT2D eigenvalue weighted by Crippen LogP contribution is -2.08. The average molecular weight is 300 g/mol. The van der Waals surface area contributed by atoms with Crippen LogP contribution in [0.2, 0.25) is 5.02 Å². The molecule has 1 aromatic carbocycles. The highest BCUT2D eigenvalue weighted by molar-refractivity contribution is 6.32. The first-order valence-corrected chi connectivity index (χ1v) is 7.28. The molecule has 0 heterocycles. The molecule has 0 aliphatic heterocycles. The van der Waals surface area contributed by atoms with E-state index in [1.807, 2.05) is 32.0 Å². The summed E-state index contributed by atoms with van der Waals surface area (Å²) in [6, 6.07) is 7.88. The second kappa shape index (κ2) is 7.62. The van der Waals surface area contributed by atoms with E-state index in [4.69, 9.17) is 33.2 Å². The molecule has 0 fully saturated rings. The third kappa shape index (κ3) is 5.72. The molecule has 104 valence electrons. The number of unbranched alkanes of at least 4 members (excludes halogenated alkanes) is 1. The standard InChI is InChI=1S/C15H19Cl2NO/c1-15(2,11-18)7-3-4-8-19-14-6-5-12(10-16)9-13(14)17/h5-6,9H,3-4,7-8,10H2,1-2H3. The van der Waals surface area contributed by atoms with Gasteiger partial charge < -0.3 is 4.74 Å². The van der Waals surface area contributed by atoms with Crippen LogP contribution in [0.1, 0.15) is 38.7 Å². The molecule has 0 radical (unpaired) electrons. The molecule has 4 heteroatoms. The van der Waals surface area contributed by atoms with Gasteiger partial charge in [0.1, 0.15) is 5.75 Å². The van der Waals surface area contributed by atoms with Crippen molar-refractivity contribution in [3.8, 4) is 11.8 Å². The van der Waals surface area contributed by atoms with Crippen LogP contribution in [0.25, 0.3) is 0 Å². The van der Waals surface area contributed by atoms with E-state index >= 15 is 0 Å². The van der Waals surface area contributed by atoms with Gasteiger partial charge >= 0.3 is 0 Å². The zero-order chi connectivity index (χ0) is 14.3. The Morgan fingerprint density at radius 1 is 1.32 bits per heavy atom. The maximum absolute atomic E-state index is 8.90. The van der Waals surface area contributed by atoms with Gasteiger partial charge in [0, 0.05) is 5.88 Å². The summed E-state index contributed by atoms with van der Waals surface area (Å²) in [5, 5.41) is 9.50.